The molecule has 4 rings (SSSR count). The second kappa shape index (κ2) is 6.92. The molecule has 0 atom stereocenters. The number of benzene rings is 1. The van der Waals surface area contributed by atoms with Crippen LogP contribution in [0.3, 0.4) is 0 Å². The first-order valence-corrected chi connectivity index (χ1v) is 8.98. The van der Waals surface area contributed by atoms with E-state index in [9.17, 15) is 4.79 Å². The Morgan fingerprint density at radius 1 is 1.08 bits per heavy atom. The Kier molecular flexibility index (Phi) is 4.46. The van der Waals surface area contributed by atoms with E-state index >= 15 is 0 Å². The summed E-state index contributed by atoms with van der Waals surface area (Å²) in [5.41, 5.74) is 1.37. The van der Waals surface area contributed by atoms with Crippen LogP contribution in [-0.2, 0) is 0 Å². The number of hydrogen-bond acceptors (Lipinski definition) is 5. The zero-order valence-electron chi connectivity index (χ0n) is 14.5. The molecule has 0 spiro atoms. The third-order valence-electron chi connectivity index (χ3n) is 4.58. The van der Waals surface area contributed by atoms with Gasteiger partial charge in [-0.25, -0.2) is 0 Å². The Bertz CT molecular complexity index is 956. The maximum absolute atomic E-state index is 12.7. The van der Waals surface area contributed by atoms with Gasteiger partial charge in [-0.3, -0.25) is 4.79 Å². The fourth-order valence-corrected chi connectivity index (χ4v) is 3.40. The summed E-state index contributed by atoms with van der Waals surface area (Å²) in [6, 6.07) is 11.0. The van der Waals surface area contributed by atoms with Crippen molar-refractivity contribution in [3.8, 4) is 0 Å². The molecule has 8 heteroatoms. The van der Waals surface area contributed by atoms with Gasteiger partial charge in [0.15, 0.2) is 11.5 Å². The van der Waals surface area contributed by atoms with Crippen LogP contribution in [0.4, 0.5) is 5.82 Å². The minimum atomic E-state index is 0.0208. The third kappa shape index (κ3) is 3.22. The molecule has 26 heavy (non-hydrogen) atoms. The van der Waals surface area contributed by atoms with Gasteiger partial charge in [0.2, 0.25) is 0 Å². The number of fused-ring (bicyclic) bond motifs is 1. The minimum Gasteiger partial charge on any atom is -0.353 e. The van der Waals surface area contributed by atoms with E-state index < -0.39 is 0 Å². The van der Waals surface area contributed by atoms with Crippen LogP contribution < -0.4 is 4.90 Å². The summed E-state index contributed by atoms with van der Waals surface area (Å²) in [7, 11) is 0. The number of anilines is 1. The molecule has 0 unspecified atom stereocenters. The first kappa shape index (κ1) is 16.8. The molecular formula is C18H19ClN6O. The van der Waals surface area contributed by atoms with Gasteiger partial charge in [-0.05, 0) is 43.7 Å². The molecule has 0 saturated carbocycles. The first-order valence-electron chi connectivity index (χ1n) is 8.61. The molecule has 2 aromatic heterocycles. The van der Waals surface area contributed by atoms with Crippen molar-refractivity contribution in [3.05, 3.63) is 52.8 Å². The molecule has 3 heterocycles. The molecule has 1 aromatic carbocycles. The predicted molar refractivity (Wildman–Crippen MR) is 99.7 cm³/mol. The second-order valence-electron chi connectivity index (χ2n) is 6.35. The van der Waals surface area contributed by atoms with Crippen molar-refractivity contribution in [2.75, 3.05) is 31.1 Å². The highest BCUT2D eigenvalue weighted by molar-refractivity contribution is 6.30. The molecule has 7 nitrogen and oxygen atoms in total. The third-order valence-corrected chi connectivity index (χ3v) is 4.82. The van der Waals surface area contributed by atoms with Gasteiger partial charge >= 0.3 is 0 Å². The van der Waals surface area contributed by atoms with Gasteiger partial charge in [0, 0.05) is 36.8 Å². The van der Waals surface area contributed by atoms with Gasteiger partial charge in [0.1, 0.15) is 5.82 Å². The average Bonchev–Trinajstić information content (AvgIpc) is 2.87. The summed E-state index contributed by atoms with van der Waals surface area (Å²) in [5.74, 6) is 1.65. The number of amides is 1. The Hall–Kier alpha value is -2.67. The van der Waals surface area contributed by atoms with E-state index in [1.807, 2.05) is 24.0 Å². The normalized spacial score (nSPS) is 15.3. The van der Waals surface area contributed by atoms with E-state index in [1.54, 1.807) is 28.8 Å². The summed E-state index contributed by atoms with van der Waals surface area (Å²) in [4.78, 5) is 16.8. The second-order valence-corrected chi connectivity index (χ2v) is 6.79. The largest absolute Gasteiger partial charge is 0.353 e. The van der Waals surface area contributed by atoms with Crippen molar-refractivity contribution in [2.24, 2.45) is 0 Å². The molecule has 1 aliphatic heterocycles. The molecule has 0 radical (unpaired) electrons. The molecule has 0 bridgehead atoms. The molecule has 1 saturated heterocycles. The molecule has 1 fully saturated rings. The number of hydrogen-bond donors (Lipinski definition) is 0. The standard InChI is InChI=1S/C18H19ClN6O/c1-13-20-21-16-6-7-17(22-25(13)16)23-8-3-9-24(11-10-23)18(26)14-4-2-5-15(19)12-14/h2,4-7,12H,3,8-11H2,1H3. The van der Waals surface area contributed by atoms with Crippen molar-refractivity contribution in [3.63, 3.8) is 0 Å². The van der Waals surface area contributed by atoms with Crippen molar-refractivity contribution >= 4 is 29.0 Å². The lowest BCUT2D eigenvalue weighted by molar-refractivity contribution is 0.0767. The van der Waals surface area contributed by atoms with Crippen molar-refractivity contribution in [1.82, 2.24) is 24.7 Å². The van der Waals surface area contributed by atoms with Crippen LogP contribution in [0.15, 0.2) is 36.4 Å². The maximum atomic E-state index is 12.7. The topological polar surface area (TPSA) is 66.6 Å². The van der Waals surface area contributed by atoms with Crippen LogP contribution in [0, 0.1) is 6.92 Å². The minimum absolute atomic E-state index is 0.0208. The number of halogens is 1. The molecule has 0 N–H and O–H groups in total. The quantitative estimate of drug-likeness (QED) is 0.693. The van der Waals surface area contributed by atoms with Crippen LogP contribution in [0.25, 0.3) is 5.65 Å². The molecular weight excluding hydrogens is 352 g/mol. The van der Waals surface area contributed by atoms with Crippen LogP contribution >= 0.6 is 11.6 Å². The number of nitrogens with zero attached hydrogens (tertiary/aromatic N) is 6. The van der Waals surface area contributed by atoms with Crippen molar-refractivity contribution < 1.29 is 4.79 Å². The Morgan fingerprint density at radius 2 is 1.96 bits per heavy atom. The number of aromatic nitrogens is 4. The highest BCUT2D eigenvalue weighted by Crippen LogP contribution is 2.17. The lowest BCUT2D eigenvalue weighted by Crippen LogP contribution is -2.35. The number of rotatable bonds is 2. The SMILES string of the molecule is Cc1nnc2ccc(N3CCCN(C(=O)c4cccc(Cl)c4)CC3)nn12. The molecule has 3 aromatic rings. The number of carbonyl (C=O) groups excluding carboxylic acids is 1. The van der Waals surface area contributed by atoms with Gasteiger partial charge in [-0.1, -0.05) is 17.7 Å². The smallest absolute Gasteiger partial charge is 0.253 e. The maximum Gasteiger partial charge on any atom is 0.253 e. The summed E-state index contributed by atoms with van der Waals surface area (Å²) >= 11 is 6.01. The van der Waals surface area contributed by atoms with Crippen molar-refractivity contribution in [1.29, 1.82) is 0 Å². The van der Waals surface area contributed by atoms with E-state index in [1.165, 1.54) is 0 Å². The Labute approximate surface area is 156 Å². The molecule has 1 aliphatic rings. The summed E-state index contributed by atoms with van der Waals surface area (Å²) < 4.78 is 1.75. The fraction of sp³-hybridized carbons (Fsp3) is 0.333. The van der Waals surface area contributed by atoms with E-state index in [0.29, 0.717) is 17.1 Å². The molecule has 1 amide bonds. The zero-order chi connectivity index (χ0) is 18.1. The molecule has 0 aliphatic carbocycles. The number of aryl methyl sites for hydroxylation is 1. The lowest BCUT2D eigenvalue weighted by Gasteiger charge is -2.23. The summed E-state index contributed by atoms with van der Waals surface area (Å²) in [6.45, 7) is 4.82. The summed E-state index contributed by atoms with van der Waals surface area (Å²) in [5, 5.41) is 13.3. The van der Waals surface area contributed by atoms with Gasteiger partial charge in [-0.2, -0.15) is 4.52 Å². The Balaban J connectivity index is 1.50. The van der Waals surface area contributed by atoms with Gasteiger partial charge < -0.3 is 9.80 Å². The lowest BCUT2D eigenvalue weighted by atomic mass is 10.2. The van der Waals surface area contributed by atoms with E-state index in [4.69, 9.17) is 11.6 Å². The Morgan fingerprint density at radius 3 is 2.81 bits per heavy atom. The van der Waals surface area contributed by atoms with Gasteiger partial charge in [-0.15, -0.1) is 15.3 Å². The number of carbonyl (C=O) groups is 1. The van der Waals surface area contributed by atoms with Crippen LogP contribution in [0.1, 0.15) is 22.6 Å². The highest BCUT2D eigenvalue weighted by atomic mass is 35.5. The van der Waals surface area contributed by atoms with E-state index in [2.05, 4.69) is 20.2 Å². The van der Waals surface area contributed by atoms with Crippen LogP contribution in [0.5, 0.6) is 0 Å². The monoisotopic (exact) mass is 370 g/mol. The zero-order valence-corrected chi connectivity index (χ0v) is 15.2. The van der Waals surface area contributed by atoms with Gasteiger partial charge in [0.25, 0.3) is 5.91 Å². The first-order chi connectivity index (χ1) is 12.6. The summed E-state index contributed by atoms with van der Waals surface area (Å²) in [6.07, 6.45) is 0.882. The van der Waals surface area contributed by atoms with Gasteiger partial charge in [0.05, 0.1) is 0 Å². The molecule has 134 valence electrons. The van der Waals surface area contributed by atoms with E-state index in [-0.39, 0.29) is 5.91 Å². The van der Waals surface area contributed by atoms with Crippen LogP contribution in [-0.4, -0.2) is 56.8 Å². The van der Waals surface area contributed by atoms with Crippen molar-refractivity contribution in [2.45, 2.75) is 13.3 Å². The van der Waals surface area contributed by atoms with E-state index in [0.717, 1.165) is 43.3 Å². The average molecular weight is 371 g/mol. The van der Waals surface area contributed by atoms with Crippen LogP contribution in [0.2, 0.25) is 5.02 Å². The predicted octanol–water partition coefficient (Wildman–Crippen LogP) is 2.44. The highest BCUT2D eigenvalue weighted by Gasteiger charge is 2.21. The fourth-order valence-electron chi connectivity index (χ4n) is 3.21.